The van der Waals surface area contributed by atoms with E-state index in [1.807, 2.05) is 44.2 Å². The summed E-state index contributed by atoms with van der Waals surface area (Å²) in [6.07, 6.45) is 3.39. The van der Waals surface area contributed by atoms with Crippen LogP contribution in [0.4, 0.5) is 10.5 Å². The van der Waals surface area contributed by atoms with Crippen LogP contribution in [0, 0.1) is 13.8 Å². The van der Waals surface area contributed by atoms with Crippen LogP contribution in [0.15, 0.2) is 47.2 Å². The zero-order valence-corrected chi connectivity index (χ0v) is 13.9. The molecule has 0 saturated carbocycles. The molecule has 0 radical (unpaired) electrons. The Morgan fingerprint density at radius 3 is 2.71 bits per heavy atom. The van der Waals surface area contributed by atoms with Gasteiger partial charge in [-0.3, -0.25) is 0 Å². The van der Waals surface area contributed by atoms with E-state index in [9.17, 15) is 4.79 Å². The topological polar surface area (TPSA) is 76.2 Å². The zero-order valence-electron chi connectivity index (χ0n) is 13.9. The fourth-order valence-corrected chi connectivity index (χ4v) is 2.36. The summed E-state index contributed by atoms with van der Waals surface area (Å²) in [4.78, 5) is 13.9. The van der Waals surface area contributed by atoms with Gasteiger partial charge < -0.3 is 14.7 Å². The highest BCUT2D eigenvalue weighted by Gasteiger charge is 2.16. The van der Waals surface area contributed by atoms with Gasteiger partial charge in [-0.2, -0.15) is 5.10 Å². The van der Waals surface area contributed by atoms with Crippen molar-refractivity contribution in [3.8, 4) is 5.69 Å². The number of rotatable bonds is 4. The average molecular weight is 325 g/mol. The van der Waals surface area contributed by atoms with Crippen molar-refractivity contribution in [1.29, 1.82) is 0 Å². The number of nitrogens with one attached hydrogen (secondary N) is 1. The van der Waals surface area contributed by atoms with Gasteiger partial charge in [-0.05, 0) is 26.0 Å². The van der Waals surface area contributed by atoms with E-state index in [2.05, 4.69) is 15.6 Å². The van der Waals surface area contributed by atoms with E-state index in [0.717, 1.165) is 22.7 Å². The molecule has 0 bridgehead atoms. The third-order valence-corrected chi connectivity index (χ3v) is 3.78. The molecule has 24 heavy (non-hydrogen) atoms. The van der Waals surface area contributed by atoms with Gasteiger partial charge in [0.05, 0.1) is 36.0 Å². The Bertz CT molecular complexity index is 818. The van der Waals surface area contributed by atoms with Gasteiger partial charge in [0.1, 0.15) is 5.76 Å². The lowest BCUT2D eigenvalue weighted by Gasteiger charge is -2.17. The van der Waals surface area contributed by atoms with Crippen LogP contribution in [0.2, 0.25) is 0 Å². The molecule has 0 aliphatic heterocycles. The molecule has 124 valence electrons. The number of nitrogens with zero attached hydrogens (tertiary/aromatic N) is 4. The first-order chi connectivity index (χ1) is 11.5. The maximum atomic E-state index is 12.3. The number of urea groups is 1. The highest BCUT2D eigenvalue weighted by molar-refractivity contribution is 5.88. The van der Waals surface area contributed by atoms with Crippen LogP contribution < -0.4 is 5.32 Å². The predicted octanol–water partition coefficient (Wildman–Crippen LogP) is 3.14. The lowest BCUT2D eigenvalue weighted by Crippen LogP contribution is -2.31. The Hall–Kier alpha value is -3.09. The van der Waals surface area contributed by atoms with Gasteiger partial charge in [0.15, 0.2) is 0 Å². The van der Waals surface area contributed by atoms with Crippen molar-refractivity contribution in [2.45, 2.75) is 20.4 Å². The molecular formula is C17H19N5O2. The van der Waals surface area contributed by atoms with Gasteiger partial charge in [0.25, 0.3) is 0 Å². The van der Waals surface area contributed by atoms with Crippen molar-refractivity contribution in [3.63, 3.8) is 0 Å². The van der Waals surface area contributed by atoms with Gasteiger partial charge >= 0.3 is 6.03 Å². The first kappa shape index (κ1) is 15.8. The summed E-state index contributed by atoms with van der Waals surface area (Å²) in [5.74, 6) is 0.726. The second kappa shape index (κ2) is 6.57. The Kier molecular flexibility index (Phi) is 4.33. The van der Waals surface area contributed by atoms with Crippen LogP contribution in [-0.2, 0) is 6.54 Å². The van der Waals surface area contributed by atoms with Crippen LogP contribution in [0.1, 0.15) is 17.0 Å². The number of hydrogen-bond donors (Lipinski definition) is 1. The maximum absolute atomic E-state index is 12.3. The first-order valence-corrected chi connectivity index (χ1v) is 7.58. The van der Waals surface area contributed by atoms with Gasteiger partial charge in [-0.25, -0.2) is 9.48 Å². The summed E-state index contributed by atoms with van der Waals surface area (Å²) in [6.45, 7) is 4.13. The third-order valence-electron chi connectivity index (χ3n) is 3.78. The van der Waals surface area contributed by atoms with Crippen molar-refractivity contribution < 1.29 is 9.32 Å². The molecule has 7 heteroatoms. The molecule has 2 amide bonds. The Morgan fingerprint density at radius 2 is 2.04 bits per heavy atom. The highest BCUT2D eigenvalue weighted by atomic mass is 16.5. The maximum Gasteiger partial charge on any atom is 0.321 e. The van der Waals surface area contributed by atoms with Crippen LogP contribution in [0.25, 0.3) is 5.69 Å². The number of amides is 2. The highest BCUT2D eigenvalue weighted by Crippen LogP contribution is 2.16. The third kappa shape index (κ3) is 3.29. The van der Waals surface area contributed by atoms with Crippen molar-refractivity contribution in [1.82, 2.24) is 19.8 Å². The van der Waals surface area contributed by atoms with E-state index in [1.54, 1.807) is 29.0 Å². The summed E-state index contributed by atoms with van der Waals surface area (Å²) in [5, 5.41) is 11.0. The largest absolute Gasteiger partial charge is 0.361 e. The van der Waals surface area contributed by atoms with Gasteiger partial charge in [-0.1, -0.05) is 23.4 Å². The second-order valence-electron chi connectivity index (χ2n) is 5.60. The molecule has 0 saturated heterocycles. The molecule has 0 unspecified atom stereocenters. The quantitative estimate of drug-likeness (QED) is 0.799. The standard InChI is InChI=1S/C17H19N5O2/c1-12-16(13(2)24-20-12)11-21(3)17(23)19-14-9-18-22(10-14)15-7-5-4-6-8-15/h4-10H,11H2,1-3H3,(H,19,23). The number of hydrogen-bond acceptors (Lipinski definition) is 4. The fourth-order valence-electron chi connectivity index (χ4n) is 2.36. The van der Waals surface area contributed by atoms with Crippen LogP contribution in [-0.4, -0.2) is 32.9 Å². The predicted molar refractivity (Wildman–Crippen MR) is 90.0 cm³/mol. The van der Waals surface area contributed by atoms with Crippen molar-refractivity contribution in [3.05, 3.63) is 59.7 Å². The first-order valence-electron chi connectivity index (χ1n) is 7.58. The van der Waals surface area contributed by atoms with Crippen molar-refractivity contribution in [2.75, 3.05) is 12.4 Å². The van der Waals surface area contributed by atoms with Gasteiger partial charge in [-0.15, -0.1) is 0 Å². The van der Waals surface area contributed by atoms with E-state index in [4.69, 9.17) is 4.52 Å². The van der Waals surface area contributed by atoms with E-state index in [1.165, 1.54) is 0 Å². The molecule has 7 nitrogen and oxygen atoms in total. The van der Waals surface area contributed by atoms with E-state index < -0.39 is 0 Å². The molecule has 0 fully saturated rings. The minimum Gasteiger partial charge on any atom is -0.361 e. The number of para-hydroxylation sites is 1. The molecular weight excluding hydrogens is 306 g/mol. The van der Waals surface area contributed by atoms with Crippen LogP contribution in [0.5, 0.6) is 0 Å². The lowest BCUT2D eigenvalue weighted by molar-refractivity contribution is 0.220. The number of benzene rings is 1. The normalized spacial score (nSPS) is 10.6. The monoisotopic (exact) mass is 325 g/mol. The molecule has 3 aromatic rings. The van der Waals surface area contributed by atoms with E-state index in [0.29, 0.717) is 12.2 Å². The number of carbonyl (C=O) groups excluding carboxylic acids is 1. The second-order valence-corrected chi connectivity index (χ2v) is 5.60. The number of carbonyl (C=O) groups is 1. The minimum absolute atomic E-state index is 0.220. The van der Waals surface area contributed by atoms with Crippen LogP contribution >= 0.6 is 0 Å². The van der Waals surface area contributed by atoms with Crippen LogP contribution in [0.3, 0.4) is 0 Å². The fraction of sp³-hybridized carbons (Fsp3) is 0.235. The summed E-state index contributed by atoms with van der Waals surface area (Å²) in [5.41, 5.74) is 3.29. The number of aromatic nitrogens is 3. The molecule has 1 N–H and O–H groups in total. The summed E-state index contributed by atoms with van der Waals surface area (Å²) in [6, 6.07) is 9.49. The molecule has 0 aliphatic rings. The molecule has 2 heterocycles. The minimum atomic E-state index is -0.220. The SMILES string of the molecule is Cc1noc(C)c1CN(C)C(=O)Nc1cnn(-c2ccccc2)c1. The summed E-state index contributed by atoms with van der Waals surface area (Å²) in [7, 11) is 1.73. The summed E-state index contributed by atoms with van der Waals surface area (Å²) < 4.78 is 6.84. The molecule has 3 rings (SSSR count). The average Bonchev–Trinajstić information content (AvgIpc) is 3.17. The Labute approximate surface area is 139 Å². The summed E-state index contributed by atoms with van der Waals surface area (Å²) >= 11 is 0. The number of anilines is 1. The molecule has 0 aliphatic carbocycles. The molecule has 2 aromatic heterocycles. The Morgan fingerprint density at radius 1 is 1.29 bits per heavy atom. The molecule has 1 aromatic carbocycles. The van der Waals surface area contributed by atoms with E-state index in [-0.39, 0.29) is 6.03 Å². The van der Waals surface area contributed by atoms with Gasteiger partial charge in [0, 0.05) is 12.6 Å². The van der Waals surface area contributed by atoms with Crippen molar-refractivity contribution in [2.24, 2.45) is 0 Å². The Balaban J connectivity index is 1.66. The molecule has 0 spiro atoms. The van der Waals surface area contributed by atoms with Crippen molar-refractivity contribution >= 4 is 11.7 Å². The molecule has 0 atom stereocenters. The zero-order chi connectivity index (χ0) is 17.1. The lowest BCUT2D eigenvalue weighted by atomic mass is 10.2. The number of aryl methyl sites for hydroxylation is 2. The van der Waals surface area contributed by atoms with Gasteiger partial charge in [0.2, 0.25) is 0 Å². The van der Waals surface area contributed by atoms with E-state index >= 15 is 0 Å². The smallest absolute Gasteiger partial charge is 0.321 e.